The van der Waals surface area contributed by atoms with E-state index in [2.05, 4.69) is 25.6 Å². The Balaban J connectivity index is 1.51. The fourth-order valence-corrected chi connectivity index (χ4v) is 5.09. The Labute approximate surface area is 249 Å². The molecule has 0 amide bonds. The highest BCUT2D eigenvalue weighted by Gasteiger charge is 2.16. The van der Waals surface area contributed by atoms with Gasteiger partial charge in [0.15, 0.2) is 11.8 Å². The van der Waals surface area contributed by atoms with Gasteiger partial charge in [0.1, 0.15) is 5.65 Å². The van der Waals surface area contributed by atoms with Crippen LogP contribution < -0.4 is 33.5 Å². The predicted octanol–water partition coefficient (Wildman–Crippen LogP) is 3.18. The number of nitrogens with one attached hydrogen (secondary N) is 3. The van der Waals surface area contributed by atoms with E-state index >= 15 is 4.39 Å². The molecule has 12 heteroatoms. The first-order valence-electron chi connectivity index (χ1n) is 14.0. The summed E-state index contributed by atoms with van der Waals surface area (Å²) >= 11 is 6.24. The molecule has 0 saturated heterocycles. The third kappa shape index (κ3) is 8.16. The average molecular weight is 596 g/mol. The number of aryl methyl sites for hydroxylation is 1. The Morgan fingerprint density at radius 2 is 1.93 bits per heavy atom. The van der Waals surface area contributed by atoms with Gasteiger partial charge in [0.05, 0.1) is 16.4 Å². The molecule has 10 nitrogen and oxygen atoms in total. The summed E-state index contributed by atoms with van der Waals surface area (Å²) in [6.07, 6.45) is 4.96. The molecule has 4 aromatic rings. The fourth-order valence-electron chi connectivity index (χ4n) is 4.85. The summed E-state index contributed by atoms with van der Waals surface area (Å²) < 4.78 is 16.5. The highest BCUT2D eigenvalue weighted by atomic mass is 35.5. The summed E-state index contributed by atoms with van der Waals surface area (Å²) in [5, 5.41) is 7.40. The van der Waals surface area contributed by atoms with Crippen molar-refractivity contribution in [3.8, 4) is 16.9 Å². The molecule has 0 aliphatic carbocycles. The molecule has 2 aromatic carbocycles. The van der Waals surface area contributed by atoms with Gasteiger partial charge in [-0.3, -0.25) is 9.56 Å². The molecule has 0 fully saturated rings. The summed E-state index contributed by atoms with van der Waals surface area (Å²) in [5.74, 6) is -0.436. The van der Waals surface area contributed by atoms with E-state index in [9.17, 15) is 4.79 Å². The van der Waals surface area contributed by atoms with Crippen molar-refractivity contribution in [2.24, 2.45) is 22.2 Å². The number of nitrogens with zero attached hydrogens (tertiary/aromatic N) is 3. The monoisotopic (exact) mass is 595 g/mol. The number of hydrogen-bond donors (Lipinski definition) is 6. The van der Waals surface area contributed by atoms with E-state index in [0.717, 1.165) is 43.4 Å². The van der Waals surface area contributed by atoms with Crippen LogP contribution in [0.3, 0.4) is 0 Å². The zero-order valence-corrected chi connectivity index (χ0v) is 24.7. The fraction of sp³-hybridized carbons (Fsp3) is 0.367. The molecule has 0 aliphatic heterocycles. The van der Waals surface area contributed by atoms with Gasteiger partial charge in [-0.05, 0) is 81.1 Å². The van der Waals surface area contributed by atoms with Crippen LogP contribution in [-0.2, 0) is 13.0 Å². The smallest absolute Gasteiger partial charge is 0.354 e. The maximum absolute atomic E-state index is 15.1. The largest absolute Gasteiger partial charge is 0.370 e. The van der Waals surface area contributed by atoms with Crippen LogP contribution in [0.5, 0.6) is 0 Å². The van der Waals surface area contributed by atoms with E-state index in [0.29, 0.717) is 41.1 Å². The van der Waals surface area contributed by atoms with E-state index in [-0.39, 0.29) is 23.1 Å². The van der Waals surface area contributed by atoms with Crippen molar-refractivity contribution in [2.45, 2.75) is 51.2 Å². The highest BCUT2D eigenvalue weighted by Crippen LogP contribution is 2.31. The minimum atomic E-state index is -0.521. The molecule has 42 heavy (non-hydrogen) atoms. The lowest BCUT2D eigenvalue weighted by atomic mass is 10.0. The van der Waals surface area contributed by atoms with Gasteiger partial charge in [-0.2, -0.15) is 4.98 Å². The summed E-state index contributed by atoms with van der Waals surface area (Å²) in [6, 6.07) is 13.2. The van der Waals surface area contributed by atoms with Crippen LogP contribution in [0, 0.1) is 5.82 Å². The second kappa shape index (κ2) is 14.4. The molecule has 0 aliphatic rings. The Hall–Kier alpha value is -3.77. The van der Waals surface area contributed by atoms with Crippen LogP contribution in [0.25, 0.3) is 28.0 Å². The molecule has 2 aromatic heterocycles. The first kappa shape index (κ1) is 31.2. The molecular weight excluding hydrogens is 557 g/mol. The normalized spacial score (nSPS) is 12.9. The standard InChI is InChI=1S/C30H39ClFN9O/c1-18(33)4-3-5-20-12-24(27(32)25(31)13-20)26-14-21-17-41(30(42)40-28(21)39-26)23-8-6-19(7-9-23)15-38-22(16-36-2)10-11-37-29(34)35/h6-9,12-14,17-18,22,36,38H,3-5,10-11,15-16,33H2,1-2H3,(H4,34,35,37)(H,39,40,42). The van der Waals surface area contributed by atoms with Gasteiger partial charge in [-0.15, -0.1) is 0 Å². The molecule has 2 unspecified atom stereocenters. The Kier molecular flexibility index (Phi) is 10.7. The number of rotatable bonds is 14. The Bertz CT molecular complexity index is 1580. The summed E-state index contributed by atoms with van der Waals surface area (Å²) in [5.41, 5.74) is 20.1. The number of nitrogens with two attached hydrogens (primary N) is 3. The van der Waals surface area contributed by atoms with Gasteiger partial charge in [-0.1, -0.05) is 23.7 Å². The maximum Gasteiger partial charge on any atom is 0.354 e. The first-order valence-corrected chi connectivity index (χ1v) is 14.4. The molecular formula is C30H39ClFN9O. The Morgan fingerprint density at radius 3 is 2.62 bits per heavy atom. The van der Waals surface area contributed by atoms with E-state index in [1.54, 1.807) is 24.4 Å². The SMILES string of the molecule is CNCC(CCN=C(N)N)NCc1ccc(-n2cc3cc(-c4cc(CCCC(C)N)cc(Cl)c4F)[nH]c3nc2=O)cc1. The van der Waals surface area contributed by atoms with Crippen molar-refractivity contribution in [3.63, 3.8) is 0 Å². The maximum atomic E-state index is 15.1. The summed E-state index contributed by atoms with van der Waals surface area (Å²) in [7, 11) is 1.90. The number of hydrogen-bond acceptors (Lipinski definition) is 6. The number of halogens is 2. The molecule has 0 spiro atoms. The van der Waals surface area contributed by atoms with Crippen LogP contribution in [0.4, 0.5) is 4.39 Å². The van der Waals surface area contributed by atoms with Crippen molar-refractivity contribution in [1.29, 1.82) is 0 Å². The third-order valence-corrected chi connectivity index (χ3v) is 7.32. The van der Waals surface area contributed by atoms with Crippen molar-refractivity contribution >= 4 is 28.6 Å². The van der Waals surface area contributed by atoms with Crippen LogP contribution >= 0.6 is 11.6 Å². The molecule has 2 atom stereocenters. The van der Waals surface area contributed by atoms with Crippen molar-refractivity contribution in [3.05, 3.63) is 81.1 Å². The van der Waals surface area contributed by atoms with Crippen molar-refractivity contribution in [2.75, 3.05) is 20.1 Å². The number of benzene rings is 2. The van der Waals surface area contributed by atoms with Crippen LogP contribution in [-0.4, -0.2) is 52.7 Å². The zero-order chi connectivity index (χ0) is 30.2. The third-order valence-electron chi connectivity index (χ3n) is 7.04. The van der Waals surface area contributed by atoms with Crippen LogP contribution in [0.2, 0.25) is 5.02 Å². The van der Waals surface area contributed by atoms with Gasteiger partial charge in [0.2, 0.25) is 0 Å². The lowest BCUT2D eigenvalue weighted by molar-refractivity contribution is 0.467. The van der Waals surface area contributed by atoms with Crippen molar-refractivity contribution in [1.82, 2.24) is 25.2 Å². The highest BCUT2D eigenvalue weighted by molar-refractivity contribution is 6.31. The summed E-state index contributed by atoms with van der Waals surface area (Å²) in [6.45, 7) is 3.91. The average Bonchev–Trinajstić information content (AvgIpc) is 3.35. The molecule has 224 valence electrons. The predicted molar refractivity (Wildman–Crippen MR) is 169 cm³/mol. The number of aliphatic imine (C=N–C) groups is 1. The molecule has 0 saturated carbocycles. The second-order valence-electron chi connectivity index (χ2n) is 10.6. The molecule has 0 bridgehead atoms. The van der Waals surface area contributed by atoms with E-state index in [1.807, 2.05) is 38.2 Å². The van der Waals surface area contributed by atoms with Gasteiger partial charge >= 0.3 is 5.69 Å². The Morgan fingerprint density at radius 1 is 1.17 bits per heavy atom. The van der Waals surface area contributed by atoms with Gasteiger partial charge in [-0.25, -0.2) is 9.18 Å². The number of aromatic nitrogens is 3. The molecule has 4 rings (SSSR count). The topological polar surface area (TPSA) is 165 Å². The second-order valence-corrected chi connectivity index (χ2v) is 11.0. The quantitative estimate of drug-likeness (QED) is 0.0962. The number of guanidine groups is 1. The lowest BCUT2D eigenvalue weighted by Crippen LogP contribution is -2.38. The molecule has 9 N–H and O–H groups in total. The van der Waals surface area contributed by atoms with Crippen LogP contribution in [0.1, 0.15) is 37.3 Å². The van der Waals surface area contributed by atoms with E-state index < -0.39 is 11.5 Å². The van der Waals surface area contributed by atoms with Gasteiger partial charge < -0.3 is 32.8 Å². The number of aromatic amines is 1. The van der Waals surface area contributed by atoms with Crippen molar-refractivity contribution < 1.29 is 4.39 Å². The number of H-pyrrole nitrogens is 1. The zero-order valence-electron chi connectivity index (χ0n) is 24.0. The van der Waals surface area contributed by atoms with E-state index in [4.69, 9.17) is 28.8 Å². The van der Waals surface area contributed by atoms with Gasteiger partial charge in [0, 0.05) is 48.9 Å². The van der Waals surface area contributed by atoms with Gasteiger partial charge in [0.25, 0.3) is 0 Å². The lowest BCUT2D eigenvalue weighted by Gasteiger charge is -2.18. The van der Waals surface area contributed by atoms with E-state index in [1.165, 1.54) is 4.57 Å². The minimum Gasteiger partial charge on any atom is -0.370 e. The minimum absolute atomic E-state index is 0.0510. The number of likely N-dealkylation sites (N-methyl/N-ethyl adjacent to an activating group) is 1. The first-order chi connectivity index (χ1) is 20.1. The van der Waals surface area contributed by atoms with Crippen LogP contribution in [0.15, 0.2) is 58.4 Å². The summed E-state index contributed by atoms with van der Waals surface area (Å²) in [4.78, 5) is 24.3. The number of fused-ring (bicyclic) bond motifs is 1. The molecule has 2 heterocycles. The molecule has 0 radical (unpaired) electrons.